The number of nitrogens with one attached hydrogen (secondary N) is 1. The van der Waals surface area contributed by atoms with Crippen LogP contribution in [0.15, 0.2) is 35.7 Å². The van der Waals surface area contributed by atoms with E-state index in [0.717, 1.165) is 0 Å². The molecule has 1 amide bonds. The summed E-state index contributed by atoms with van der Waals surface area (Å²) in [6.45, 7) is 3.64. The van der Waals surface area contributed by atoms with Crippen LogP contribution < -0.4 is 5.73 Å². The highest BCUT2D eigenvalue weighted by Gasteiger charge is 2.22. The summed E-state index contributed by atoms with van der Waals surface area (Å²) in [7, 11) is 0. The van der Waals surface area contributed by atoms with Gasteiger partial charge in [-0.15, -0.1) is 0 Å². The molecule has 3 N–H and O–H groups in total. The second kappa shape index (κ2) is 6.60. The van der Waals surface area contributed by atoms with Crippen LogP contribution in [0.4, 0.5) is 4.39 Å². The monoisotopic (exact) mass is 359 g/mol. The van der Waals surface area contributed by atoms with Gasteiger partial charge in [-0.25, -0.2) is 14.4 Å². The number of amides is 1. The van der Waals surface area contributed by atoms with Crippen molar-refractivity contribution in [3.05, 3.63) is 58.4 Å². The second-order valence-corrected chi connectivity index (χ2v) is 6.11. The SMILES string of the molecule is CC(C)c1cnc(Cl)c(F)c1C(=O)N=C(N)c1ccnc2[nH]ccc12. The number of nitrogens with zero attached hydrogens (tertiary/aromatic N) is 3. The third-order valence-corrected chi connectivity index (χ3v) is 4.06. The zero-order chi connectivity index (χ0) is 18.1. The fourth-order valence-corrected chi connectivity index (χ4v) is 2.69. The van der Waals surface area contributed by atoms with E-state index in [1.54, 1.807) is 24.5 Å². The normalized spacial score (nSPS) is 12.1. The molecule has 0 spiro atoms. The minimum atomic E-state index is -0.893. The van der Waals surface area contributed by atoms with E-state index < -0.39 is 11.7 Å². The maximum Gasteiger partial charge on any atom is 0.282 e. The van der Waals surface area contributed by atoms with Gasteiger partial charge >= 0.3 is 0 Å². The number of aliphatic imine (C=N–C) groups is 1. The number of hydrogen-bond donors (Lipinski definition) is 2. The topological polar surface area (TPSA) is 97.0 Å². The lowest BCUT2D eigenvalue weighted by atomic mass is 9.99. The van der Waals surface area contributed by atoms with Gasteiger partial charge in [-0.1, -0.05) is 25.4 Å². The zero-order valence-corrected chi connectivity index (χ0v) is 14.3. The standard InChI is InChI=1S/C17H15ClFN5O/c1-8(2)11-7-23-14(18)13(19)12(11)17(25)24-15(20)9-3-5-21-16-10(9)4-6-22-16/h3-8H,1-2H3,(H,21,22)(H2,20,24,25). The van der Waals surface area contributed by atoms with Crippen LogP contribution in [-0.4, -0.2) is 26.7 Å². The van der Waals surface area contributed by atoms with Gasteiger partial charge in [0, 0.05) is 29.5 Å². The number of carbonyl (C=O) groups is 1. The number of nitrogens with two attached hydrogens (primary N) is 1. The highest BCUT2D eigenvalue weighted by atomic mass is 35.5. The maximum absolute atomic E-state index is 14.4. The fourth-order valence-electron chi connectivity index (χ4n) is 2.54. The molecule has 8 heteroatoms. The number of halogens is 2. The Morgan fingerprint density at radius 1 is 1.36 bits per heavy atom. The van der Waals surface area contributed by atoms with Gasteiger partial charge in [0.15, 0.2) is 11.0 Å². The summed E-state index contributed by atoms with van der Waals surface area (Å²) < 4.78 is 14.4. The third-order valence-electron chi connectivity index (χ3n) is 3.80. The van der Waals surface area contributed by atoms with Gasteiger partial charge in [0.25, 0.3) is 5.91 Å². The summed E-state index contributed by atoms with van der Waals surface area (Å²) >= 11 is 5.72. The Kier molecular flexibility index (Phi) is 4.50. The molecule has 0 aliphatic carbocycles. The number of carbonyl (C=O) groups excluding carboxylic acids is 1. The Balaban J connectivity index is 2.09. The van der Waals surface area contributed by atoms with E-state index in [2.05, 4.69) is 19.9 Å². The summed E-state index contributed by atoms with van der Waals surface area (Å²) in [5.41, 5.74) is 7.35. The Labute approximate surface area is 148 Å². The molecular formula is C17H15ClFN5O. The molecule has 0 radical (unpaired) electrons. The van der Waals surface area contributed by atoms with Gasteiger partial charge in [-0.05, 0) is 23.6 Å². The summed E-state index contributed by atoms with van der Waals surface area (Å²) in [5, 5.41) is 0.340. The molecule has 0 saturated carbocycles. The smallest absolute Gasteiger partial charge is 0.282 e. The van der Waals surface area contributed by atoms with E-state index in [0.29, 0.717) is 22.2 Å². The van der Waals surface area contributed by atoms with Crippen LogP contribution in [0.2, 0.25) is 5.15 Å². The van der Waals surface area contributed by atoms with E-state index in [1.807, 2.05) is 13.8 Å². The van der Waals surface area contributed by atoms with Crippen molar-refractivity contribution in [1.82, 2.24) is 15.0 Å². The first-order chi connectivity index (χ1) is 11.9. The first-order valence-corrected chi connectivity index (χ1v) is 7.92. The van der Waals surface area contributed by atoms with Crippen LogP contribution in [0, 0.1) is 5.82 Å². The molecule has 3 aromatic heterocycles. The Hall–Kier alpha value is -2.80. The Morgan fingerprint density at radius 2 is 2.12 bits per heavy atom. The summed E-state index contributed by atoms with van der Waals surface area (Å²) in [6, 6.07) is 3.41. The first kappa shape index (κ1) is 17.0. The maximum atomic E-state index is 14.4. The van der Waals surface area contributed by atoms with Gasteiger partial charge < -0.3 is 10.7 Å². The number of pyridine rings is 2. The van der Waals surface area contributed by atoms with E-state index in [9.17, 15) is 9.18 Å². The van der Waals surface area contributed by atoms with Crippen LogP contribution >= 0.6 is 11.6 Å². The van der Waals surface area contributed by atoms with Crippen molar-refractivity contribution in [1.29, 1.82) is 0 Å². The highest BCUT2D eigenvalue weighted by Crippen LogP contribution is 2.26. The molecule has 0 aliphatic heterocycles. The van der Waals surface area contributed by atoms with Crippen LogP contribution in [0.3, 0.4) is 0 Å². The summed E-state index contributed by atoms with van der Waals surface area (Å²) in [5.74, 6) is -1.86. The lowest BCUT2D eigenvalue weighted by molar-refractivity contribution is 0.0997. The lowest BCUT2D eigenvalue weighted by Gasteiger charge is -2.11. The van der Waals surface area contributed by atoms with Crippen molar-refractivity contribution >= 4 is 34.4 Å². The van der Waals surface area contributed by atoms with Crippen LogP contribution in [0.5, 0.6) is 0 Å². The number of aromatic amines is 1. The highest BCUT2D eigenvalue weighted by molar-refractivity contribution is 6.30. The molecule has 0 bridgehead atoms. The van der Waals surface area contributed by atoms with E-state index >= 15 is 0 Å². The van der Waals surface area contributed by atoms with E-state index in [-0.39, 0.29) is 22.5 Å². The van der Waals surface area contributed by atoms with Gasteiger partial charge in [-0.3, -0.25) is 4.79 Å². The molecule has 0 aliphatic rings. The van der Waals surface area contributed by atoms with Crippen LogP contribution in [0.1, 0.15) is 41.3 Å². The molecule has 0 saturated heterocycles. The molecule has 3 rings (SSSR count). The van der Waals surface area contributed by atoms with Crippen molar-refractivity contribution in [2.24, 2.45) is 10.7 Å². The minimum absolute atomic E-state index is 0.0287. The molecule has 0 aromatic carbocycles. The molecule has 3 heterocycles. The third kappa shape index (κ3) is 3.10. The van der Waals surface area contributed by atoms with Crippen LogP contribution in [-0.2, 0) is 0 Å². The Bertz CT molecular complexity index is 996. The molecule has 128 valence electrons. The number of fused-ring (bicyclic) bond motifs is 1. The van der Waals surface area contributed by atoms with Gasteiger partial charge in [0.05, 0.1) is 5.56 Å². The molecule has 3 aromatic rings. The first-order valence-electron chi connectivity index (χ1n) is 7.55. The number of hydrogen-bond acceptors (Lipinski definition) is 3. The predicted molar refractivity (Wildman–Crippen MR) is 94.4 cm³/mol. The second-order valence-electron chi connectivity index (χ2n) is 5.75. The van der Waals surface area contributed by atoms with Crippen molar-refractivity contribution in [2.75, 3.05) is 0 Å². The molecule has 0 fully saturated rings. The van der Waals surface area contributed by atoms with Crippen molar-refractivity contribution < 1.29 is 9.18 Å². The zero-order valence-electron chi connectivity index (χ0n) is 13.5. The number of aromatic nitrogens is 3. The molecule has 6 nitrogen and oxygen atoms in total. The minimum Gasteiger partial charge on any atom is -0.383 e. The fraction of sp³-hybridized carbons (Fsp3) is 0.176. The molecular weight excluding hydrogens is 345 g/mol. The molecule has 25 heavy (non-hydrogen) atoms. The van der Waals surface area contributed by atoms with Crippen molar-refractivity contribution in [3.63, 3.8) is 0 Å². The van der Waals surface area contributed by atoms with Crippen molar-refractivity contribution in [3.8, 4) is 0 Å². The lowest BCUT2D eigenvalue weighted by Crippen LogP contribution is -2.18. The number of amidine groups is 1. The number of H-pyrrole nitrogens is 1. The largest absolute Gasteiger partial charge is 0.383 e. The molecule has 0 atom stereocenters. The van der Waals surface area contributed by atoms with Crippen LogP contribution in [0.25, 0.3) is 11.0 Å². The molecule has 0 unspecified atom stereocenters. The van der Waals surface area contributed by atoms with Gasteiger partial charge in [0.2, 0.25) is 0 Å². The Morgan fingerprint density at radius 3 is 2.84 bits per heavy atom. The predicted octanol–water partition coefficient (Wildman–Crippen LogP) is 3.42. The summed E-state index contributed by atoms with van der Waals surface area (Å²) in [6.07, 6.45) is 4.63. The van der Waals surface area contributed by atoms with Gasteiger partial charge in [0.1, 0.15) is 11.5 Å². The van der Waals surface area contributed by atoms with E-state index in [1.165, 1.54) is 6.20 Å². The quantitative estimate of drug-likeness (QED) is 0.425. The van der Waals surface area contributed by atoms with Crippen molar-refractivity contribution in [2.45, 2.75) is 19.8 Å². The average Bonchev–Trinajstić information content (AvgIpc) is 3.05. The van der Waals surface area contributed by atoms with Gasteiger partial charge in [-0.2, -0.15) is 4.99 Å². The summed E-state index contributed by atoms with van der Waals surface area (Å²) in [4.78, 5) is 27.3. The number of rotatable bonds is 3. The average molecular weight is 360 g/mol. The van der Waals surface area contributed by atoms with E-state index in [4.69, 9.17) is 17.3 Å².